The van der Waals surface area contributed by atoms with Crippen molar-refractivity contribution in [3.05, 3.63) is 77.4 Å². The number of aryl methyl sites for hydroxylation is 1. The molecule has 0 unspecified atom stereocenters. The normalized spacial score (nSPS) is 13.6. The van der Waals surface area contributed by atoms with Crippen molar-refractivity contribution in [2.75, 3.05) is 13.2 Å². The van der Waals surface area contributed by atoms with E-state index in [0.717, 1.165) is 38.4 Å². The van der Waals surface area contributed by atoms with Crippen molar-refractivity contribution < 1.29 is 9.47 Å². The molecule has 0 amide bonds. The molecule has 0 fully saturated rings. The number of hydrogen-bond donors (Lipinski definition) is 0. The number of benzene rings is 3. The quantitative estimate of drug-likeness (QED) is 0.622. The van der Waals surface area contributed by atoms with Gasteiger partial charge in [-0.1, -0.05) is 59.6 Å². The van der Waals surface area contributed by atoms with E-state index in [9.17, 15) is 0 Å². The lowest BCUT2D eigenvalue weighted by atomic mass is 9.99. The van der Waals surface area contributed by atoms with E-state index in [-0.39, 0.29) is 0 Å². The third-order valence-corrected chi connectivity index (χ3v) is 4.71. The van der Waals surface area contributed by atoms with E-state index < -0.39 is 0 Å². The summed E-state index contributed by atoms with van der Waals surface area (Å²) in [6.07, 6.45) is 0. The lowest BCUT2D eigenvalue weighted by molar-refractivity contribution is 0.297. The first-order valence-corrected chi connectivity index (χ1v) is 8.32. The standard InChI is InChI=1S/C21H17ClO2/c1-14-6-9-17(10-7-14)23-12-16-13-24-19-11-8-15-4-2-3-5-18(15)20(19)21(16)22/h2-11H,12-13H2,1H3. The lowest BCUT2D eigenvalue weighted by Crippen LogP contribution is -2.15. The summed E-state index contributed by atoms with van der Waals surface area (Å²) in [6, 6.07) is 20.2. The zero-order valence-corrected chi connectivity index (χ0v) is 14.1. The van der Waals surface area contributed by atoms with Gasteiger partial charge in [0, 0.05) is 11.1 Å². The van der Waals surface area contributed by atoms with Crippen molar-refractivity contribution >= 4 is 27.4 Å². The van der Waals surface area contributed by atoms with Crippen molar-refractivity contribution in [1.29, 1.82) is 0 Å². The molecule has 0 saturated heterocycles. The van der Waals surface area contributed by atoms with Crippen molar-refractivity contribution in [2.24, 2.45) is 0 Å². The van der Waals surface area contributed by atoms with E-state index in [4.69, 9.17) is 21.1 Å². The van der Waals surface area contributed by atoms with Gasteiger partial charge in [0.15, 0.2) is 0 Å². The maximum absolute atomic E-state index is 6.70. The molecule has 3 aromatic carbocycles. The molecular weight excluding hydrogens is 320 g/mol. The first-order valence-electron chi connectivity index (χ1n) is 7.94. The van der Waals surface area contributed by atoms with Crippen LogP contribution < -0.4 is 9.47 Å². The van der Waals surface area contributed by atoms with E-state index in [1.54, 1.807) is 0 Å². The van der Waals surface area contributed by atoms with Gasteiger partial charge in [-0.25, -0.2) is 0 Å². The molecule has 0 spiro atoms. The maximum Gasteiger partial charge on any atom is 0.129 e. The van der Waals surface area contributed by atoms with Crippen LogP contribution >= 0.6 is 11.6 Å². The topological polar surface area (TPSA) is 18.5 Å². The summed E-state index contributed by atoms with van der Waals surface area (Å²) >= 11 is 6.70. The fraction of sp³-hybridized carbons (Fsp3) is 0.143. The summed E-state index contributed by atoms with van der Waals surface area (Å²) in [4.78, 5) is 0. The molecule has 3 aromatic rings. The monoisotopic (exact) mass is 336 g/mol. The summed E-state index contributed by atoms with van der Waals surface area (Å²) in [7, 11) is 0. The van der Waals surface area contributed by atoms with Crippen LogP contribution in [0.5, 0.6) is 11.5 Å². The molecule has 0 atom stereocenters. The molecule has 0 aromatic heterocycles. The Kier molecular flexibility index (Phi) is 3.91. The number of fused-ring (bicyclic) bond motifs is 3. The highest BCUT2D eigenvalue weighted by molar-refractivity contribution is 6.50. The van der Waals surface area contributed by atoms with Gasteiger partial charge in [0.1, 0.15) is 24.7 Å². The van der Waals surface area contributed by atoms with Gasteiger partial charge in [-0.15, -0.1) is 0 Å². The highest BCUT2D eigenvalue weighted by Gasteiger charge is 2.21. The highest BCUT2D eigenvalue weighted by atomic mass is 35.5. The largest absolute Gasteiger partial charge is 0.489 e. The van der Waals surface area contributed by atoms with E-state index >= 15 is 0 Å². The van der Waals surface area contributed by atoms with Crippen molar-refractivity contribution in [1.82, 2.24) is 0 Å². The third kappa shape index (κ3) is 2.74. The molecule has 24 heavy (non-hydrogen) atoms. The summed E-state index contributed by atoms with van der Waals surface area (Å²) in [5.74, 6) is 1.67. The van der Waals surface area contributed by atoms with Crippen molar-refractivity contribution in [2.45, 2.75) is 6.92 Å². The van der Waals surface area contributed by atoms with Crippen LogP contribution in [0.1, 0.15) is 11.1 Å². The van der Waals surface area contributed by atoms with Crippen molar-refractivity contribution in [3.8, 4) is 11.5 Å². The van der Waals surface area contributed by atoms with Gasteiger partial charge in [0.2, 0.25) is 0 Å². The Morgan fingerprint density at radius 1 is 1.00 bits per heavy atom. The molecule has 1 aliphatic rings. The van der Waals surface area contributed by atoms with Crippen LogP contribution in [-0.4, -0.2) is 13.2 Å². The molecule has 4 rings (SSSR count). The number of rotatable bonds is 3. The smallest absolute Gasteiger partial charge is 0.129 e. The highest BCUT2D eigenvalue weighted by Crippen LogP contribution is 2.40. The fourth-order valence-electron chi connectivity index (χ4n) is 2.91. The molecule has 0 N–H and O–H groups in total. The summed E-state index contributed by atoms with van der Waals surface area (Å²) in [5.41, 5.74) is 3.13. The van der Waals surface area contributed by atoms with Gasteiger partial charge in [-0.3, -0.25) is 0 Å². The van der Waals surface area contributed by atoms with Crippen LogP contribution in [0.3, 0.4) is 0 Å². The minimum Gasteiger partial charge on any atom is -0.489 e. The second-order valence-electron chi connectivity index (χ2n) is 5.97. The SMILES string of the molecule is Cc1ccc(OCC2=C(Cl)c3c(ccc4ccccc34)OC2)cc1. The Morgan fingerprint density at radius 2 is 1.79 bits per heavy atom. The first kappa shape index (κ1) is 15.1. The van der Waals surface area contributed by atoms with Crippen LogP contribution in [0.25, 0.3) is 15.8 Å². The van der Waals surface area contributed by atoms with E-state index in [1.807, 2.05) is 42.5 Å². The van der Waals surface area contributed by atoms with Crippen LogP contribution in [0.15, 0.2) is 66.2 Å². The molecule has 120 valence electrons. The molecule has 0 bridgehead atoms. The number of hydrogen-bond acceptors (Lipinski definition) is 2. The van der Waals surface area contributed by atoms with E-state index in [0.29, 0.717) is 13.2 Å². The Bertz CT molecular complexity index is 926. The van der Waals surface area contributed by atoms with Gasteiger partial charge in [0.05, 0.1) is 5.03 Å². The fourth-order valence-corrected chi connectivity index (χ4v) is 3.22. The van der Waals surface area contributed by atoms with Crippen LogP contribution in [-0.2, 0) is 0 Å². The van der Waals surface area contributed by atoms with Gasteiger partial charge >= 0.3 is 0 Å². The minimum absolute atomic E-state index is 0.421. The number of ether oxygens (including phenoxy) is 2. The third-order valence-electron chi connectivity index (χ3n) is 4.26. The average Bonchev–Trinajstić information content (AvgIpc) is 2.62. The Balaban J connectivity index is 1.67. The van der Waals surface area contributed by atoms with Gasteiger partial charge < -0.3 is 9.47 Å². The second kappa shape index (κ2) is 6.21. The summed E-state index contributed by atoms with van der Waals surface area (Å²) < 4.78 is 11.8. The molecular formula is C21H17ClO2. The molecule has 0 saturated carbocycles. The second-order valence-corrected chi connectivity index (χ2v) is 6.35. The maximum atomic E-state index is 6.70. The van der Waals surface area contributed by atoms with E-state index in [2.05, 4.69) is 25.1 Å². The Labute approximate surface area is 146 Å². The molecule has 1 aliphatic heterocycles. The van der Waals surface area contributed by atoms with Crippen molar-refractivity contribution in [3.63, 3.8) is 0 Å². The van der Waals surface area contributed by atoms with E-state index in [1.165, 1.54) is 5.56 Å². The zero-order chi connectivity index (χ0) is 16.5. The van der Waals surface area contributed by atoms with Crippen LogP contribution in [0.4, 0.5) is 0 Å². The van der Waals surface area contributed by atoms with Gasteiger partial charge in [0.25, 0.3) is 0 Å². The Hall–Kier alpha value is -2.45. The first-order chi connectivity index (χ1) is 11.7. The molecule has 2 nitrogen and oxygen atoms in total. The summed E-state index contributed by atoms with van der Waals surface area (Å²) in [5, 5.41) is 2.99. The van der Waals surface area contributed by atoms with Gasteiger partial charge in [-0.2, -0.15) is 0 Å². The van der Waals surface area contributed by atoms with Gasteiger partial charge in [-0.05, 0) is 35.9 Å². The molecule has 3 heteroatoms. The molecule has 1 heterocycles. The van der Waals surface area contributed by atoms with Crippen LogP contribution in [0.2, 0.25) is 0 Å². The average molecular weight is 337 g/mol. The zero-order valence-electron chi connectivity index (χ0n) is 13.4. The predicted octanol–water partition coefficient (Wildman–Crippen LogP) is 5.57. The Morgan fingerprint density at radius 3 is 2.62 bits per heavy atom. The number of halogens is 1. The predicted molar refractivity (Wildman–Crippen MR) is 98.9 cm³/mol. The molecule has 0 radical (unpaired) electrons. The lowest BCUT2D eigenvalue weighted by Gasteiger charge is -2.22. The minimum atomic E-state index is 0.421. The van der Waals surface area contributed by atoms with Crippen LogP contribution in [0, 0.1) is 6.92 Å². The molecule has 0 aliphatic carbocycles. The summed E-state index contributed by atoms with van der Waals surface area (Å²) in [6.45, 7) is 2.93.